The van der Waals surface area contributed by atoms with E-state index in [0.717, 1.165) is 12.1 Å². The van der Waals surface area contributed by atoms with Gasteiger partial charge in [-0.2, -0.15) is 0 Å². The molecular weight excluding hydrogens is 185 g/mol. The SMILES string of the molecule is NC(=O)Oc1ccc(F)cc1Cl. The van der Waals surface area contributed by atoms with Gasteiger partial charge in [0, 0.05) is 0 Å². The van der Waals surface area contributed by atoms with Gasteiger partial charge >= 0.3 is 6.09 Å². The van der Waals surface area contributed by atoms with Crippen LogP contribution in [0.3, 0.4) is 0 Å². The Morgan fingerprint density at radius 1 is 1.58 bits per heavy atom. The number of hydrogen-bond donors (Lipinski definition) is 1. The minimum absolute atomic E-state index is 0.00815. The number of hydrogen-bond acceptors (Lipinski definition) is 2. The third kappa shape index (κ3) is 2.10. The number of nitrogens with two attached hydrogens (primary N) is 1. The van der Waals surface area contributed by atoms with Crippen molar-refractivity contribution in [1.82, 2.24) is 0 Å². The molecule has 0 saturated heterocycles. The van der Waals surface area contributed by atoms with Crippen molar-refractivity contribution >= 4 is 17.7 Å². The summed E-state index contributed by atoms with van der Waals surface area (Å²) in [5.74, 6) is -0.456. The number of halogens is 2. The van der Waals surface area contributed by atoms with Gasteiger partial charge in [0.15, 0.2) is 5.75 Å². The van der Waals surface area contributed by atoms with E-state index in [4.69, 9.17) is 17.3 Å². The first-order valence-corrected chi connectivity index (χ1v) is 3.40. The molecule has 3 nitrogen and oxygen atoms in total. The topological polar surface area (TPSA) is 52.3 Å². The highest BCUT2D eigenvalue weighted by atomic mass is 35.5. The van der Waals surface area contributed by atoms with Crippen molar-refractivity contribution < 1.29 is 13.9 Å². The van der Waals surface area contributed by atoms with Crippen LogP contribution in [0.1, 0.15) is 0 Å². The molecule has 0 fully saturated rings. The number of carbonyl (C=O) groups excluding carboxylic acids is 1. The highest BCUT2D eigenvalue weighted by molar-refractivity contribution is 6.32. The average molecular weight is 190 g/mol. The maximum Gasteiger partial charge on any atom is 0.410 e. The predicted octanol–water partition coefficient (Wildman–Crippen LogP) is 1.94. The molecule has 2 N–H and O–H groups in total. The Labute approximate surface area is 72.9 Å². The number of ether oxygens (including phenoxy) is 1. The number of rotatable bonds is 1. The van der Waals surface area contributed by atoms with Crippen LogP contribution >= 0.6 is 11.6 Å². The largest absolute Gasteiger partial charge is 0.410 e. The molecule has 0 bridgehead atoms. The Balaban J connectivity index is 2.93. The summed E-state index contributed by atoms with van der Waals surface area (Å²) >= 11 is 5.50. The van der Waals surface area contributed by atoms with Gasteiger partial charge in [-0.25, -0.2) is 9.18 Å². The first-order chi connectivity index (χ1) is 5.59. The van der Waals surface area contributed by atoms with Crippen LogP contribution in [0.25, 0.3) is 0 Å². The van der Waals surface area contributed by atoms with E-state index in [1.165, 1.54) is 6.07 Å². The maximum absolute atomic E-state index is 12.4. The average Bonchev–Trinajstić information content (AvgIpc) is 1.94. The van der Waals surface area contributed by atoms with Crippen molar-refractivity contribution in [2.24, 2.45) is 5.73 Å². The quantitative estimate of drug-likeness (QED) is 0.734. The molecule has 12 heavy (non-hydrogen) atoms. The van der Waals surface area contributed by atoms with Gasteiger partial charge in [-0.05, 0) is 18.2 Å². The van der Waals surface area contributed by atoms with E-state index < -0.39 is 11.9 Å². The molecule has 0 saturated carbocycles. The molecule has 0 unspecified atom stereocenters. The van der Waals surface area contributed by atoms with Gasteiger partial charge in [-0.1, -0.05) is 11.6 Å². The molecule has 0 aliphatic heterocycles. The third-order valence-electron chi connectivity index (χ3n) is 1.10. The van der Waals surface area contributed by atoms with Crippen LogP contribution in [0.15, 0.2) is 18.2 Å². The van der Waals surface area contributed by atoms with Crippen LogP contribution in [0, 0.1) is 5.82 Å². The van der Waals surface area contributed by atoms with Crippen molar-refractivity contribution in [3.05, 3.63) is 29.0 Å². The molecule has 64 valence electrons. The van der Waals surface area contributed by atoms with Crippen LogP contribution in [-0.4, -0.2) is 6.09 Å². The molecule has 0 atom stereocenters. The Hall–Kier alpha value is -1.29. The fraction of sp³-hybridized carbons (Fsp3) is 0. The summed E-state index contributed by atoms with van der Waals surface area (Å²) in [4.78, 5) is 10.3. The molecule has 1 amide bonds. The maximum atomic E-state index is 12.4. The molecule has 5 heteroatoms. The molecule has 0 spiro atoms. The lowest BCUT2D eigenvalue weighted by Crippen LogP contribution is -2.16. The fourth-order valence-corrected chi connectivity index (χ4v) is 0.872. The van der Waals surface area contributed by atoms with Crippen molar-refractivity contribution in [1.29, 1.82) is 0 Å². The van der Waals surface area contributed by atoms with E-state index in [-0.39, 0.29) is 10.8 Å². The Kier molecular flexibility index (Phi) is 2.50. The zero-order chi connectivity index (χ0) is 9.14. The Morgan fingerprint density at radius 2 is 2.25 bits per heavy atom. The number of benzene rings is 1. The van der Waals surface area contributed by atoms with Crippen molar-refractivity contribution in [2.45, 2.75) is 0 Å². The second-order valence-corrected chi connectivity index (χ2v) is 2.40. The van der Waals surface area contributed by atoms with Gasteiger partial charge in [-0.15, -0.1) is 0 Å². The van der Waals surface area contributed by atoms with E-state index in [9.17, 15) is 9.18 Å². The zero-order valence-corrected chi connectivity index (χ0v) is 6.64. The highest BCUT2D eigenvalue weighted by Gasteiger charge is 2.04. The standard InChI is InChI=1S/C7H5ClFNO2/c8-5-3-4(9)1-2-6(5)12-7(10)11/h1-3H,(H2,10,11). The lowest BCUT2D eigenvalue weighted by atomic mass is 10.3. The second kappa shape index (κ2) is 3.40. The van der Waals surface area contributed by atoms with E-state index in [1.54, 1.807) is 0 Å². The Morgan fingerprint density at radius 3 is 2.75 bits per heavy atom. The molecule has 1 aromatic carbocycles. The molecule has 0 heterocycles. The van der Waals surface area contributed by atoms with Gasteiger partial charge in [0.05, 0.1) is 5.02 Å². The Bertz CT molecular complexity index is 316. The summed E-state index contributed by atoms with van der Waals surface area (Å²) < 4.78 is 16.9. The van der Waals surface area contributed by atoms with Crippen LogP contribution < -0.4 is 10.5 Å². The van der Waals surface area contributed by atoms with Crippen molar-refractivity contribution in [2.75, 3.05) is 0 Å². The van der Waals surface area contributed by atoms with Gasteiger partial charge in [-0.3, -0.25) is 0 Å². The summed E-state index contributed by atoms with van der Waals surface area (Å²) in [6.45, 7) is 0. The molecule has 0 radical (unpaired) electrons. The summed E-state index contributed by atoms with van der Waals surface area (Å²) in [5, 5.41) is 0.00815. The lowest BCUT2D eigenvalue weighted by Gasteiger charge is -2.01. The minimum Gasteiger partial charge on any atom is -0.409 e. The van der Waals surface area contributed by atoms with Crippen LogP contribution in [0.2, 0.25) is 5.02 Å². The van der Waals surface area contributed by atoms with Crippen molar-refractivity contribution in [3.8, 4) is 5.75 Å². The number of primary amides is 1. The summed E-state index contributed by atoms with van der Waals surface area (Å²) in [7, 11) is 0. The molecule has 1 aromatic rings. The van der Waals surface area contributed by atoms with Crippen molar-refractivity contribution in [3.63, 3.8) is 0 Å². The van der Waals surface area contributed by atoms with E-state index in [0.29, 0.717) is 0 Å². The molecule has 0 aromatic heterocycles. The molecule has 1 rings (SSSR count). The molecule has 0 aliphatic carbocycles. The van der Waals surface area contributed by atoms with Crippen LogP contribution in [0.5, 0.6) is 5.75 Å². The number of carbonyl (C=O) groups is 1. The summed E-state index contributed by atoms with van der Waals surface area (Å²) in [6, 6.07) is 3.37. The van der Waals surface area contributed by atoms with E-state index >= 15 is 0 Å². The highest BCUT2D eigenvalue weighted by Crippen LogP contribution is 2.24. The normalized spacial score (nSPS) is 9.50. The monoisotopic (exact) mass is 189 g/mol. The first kappa shape index (κ1) is 8.80. The molecular formula is C7H5ClFNO2. The van der Waals surface area contributed by atoms with Crippen LogP contribution in [0.4, 0.5) is 9.18 Å². The first-order valence-electron chi connectivity index (χ1n) is 3.02. The van der Waals surface area contributed by atoms with E-state index in [2.05, 4.69) is 4.74 Å². The van der Waals surface area contributed by atoms with Gasteiger partial charge in [0.2, 0.25) is 0 Å². The third-order valence-corrected chi connectivity index (χ3v) is 1.40. The second-order valence-electron chi connectivity index (χ2n) is 2.00. The smallest absolute Gasteiger partial charge is 0.409 e. The number of amides is 1. The van der Waals surface area contributed by atoms with Gasteiger partial charge in [0.1, 0.15) is 5.82 Å². The van der Waals surface area contributed by atoms with Gasteiger partial charge < -0.3 is 10.5 Å². The fourth-order valence-electron chi connectivity index (χ4n) is 0.666. The van der Waals surface area contributed by atoms with E-state index in [1.807, 2.05) is 0 Å². The van der Waals surface area contributed by atoms with Gasteiger partial charge in [0.25, 0.3) is 0 Å². The molecule has 0 aliphatic rings. The predicted molar refractivity (Wildman–Crippen MR) is 41.6 cm³/mol. The summed E-state index contributed by atoms with van der Waals surface area (Å²) in [6.07, 6.45) is -0.983. The van der Waals surface area contributed by atoms with Crippen LogP contribution in [-0.2, 0) is 0 Å². The lowest BCUT2D eigenvalue weighted by molar-refractivity contribution is 0.211. The summed E-state index contributed by atoms with van der Waals surface area (Å²) in [5.41, 5.74) is 4.72. The zero-order valence-electron chi connectivity index (χ0n) is 5.88. The minimum atomic E-state index is -0.983.